The molecule has 0 bridgehead atoms. The zero-order chi connectivity index (χ0) is 16.5. The molecule has 2 aromatic carbocycles. The molecule has 24 heavy (non-hydrogen) atoms. The van der Waals surface area contributed by atoms with Gasteiger partial charge in [-0.3, -0.25) is 4.98 Å². The quantitative estimate of drug-likeness (QED) is 0.522. The second-order valence-electron chi connectivity index (χ2n) is 5.96. The summed E-state index contributed by atoms with van der Waals surface area (Å²) in [7, 11) is 2.05. The van der Waals surface area contributed by atoms with E-state index in [2.05, 4.69) is 65.0 Å². The lowest BCUT2D eigenvalue weighted by Crippen LogP contribution is -2.31. The van der Waals surface area contributed by atoms with Gasteiger partial charge in [0.15, 0.2) is 5.52 Å². The van der Waals surface area contributed by atoms with Gasteiger partial charge in [0.2, 0.25) is 0 Å². The first-order valence-electron chi connectivity index (χ1n) is 7.99. The number of rotatable bonds is 2. The van der Waals surface area contributed by atoms with E-state index in [4.69, 9.17) is 4.98 Å². The number of pyridine rings is 1. The van der Waals surface area contributed by atoms with E-state index in [-0.39, 0.29) is 0 Å². The number of para-hydroxylation sites is 1. The molecule has 0 fully saturated rings. The minimum atomic E-state index is 1.00. The summed E-state index contributed by atoms with van der Waals surface area (Å²) in [6.45, 7) is 2.15. The number of nitrogens with zero attached hydrogens (tertiary/aromatic N) is 3. The summed E-state index contributed by atoms with van der Waals surface area (Å²) in [4.78, 5) is 8.96. The van der Waals surface area contributed by atoms with Crippen molar-refractivity contribution in [2.75, 3.05) is 0 Å². The van der Waals surface area contributed by atoms with Crippen LogP contribution in [0.5, 0.6) is 0 Å². The van der Waals surface area contributed by atoms with E-state index in [0.717, 1.165) is 22.0 Å². The molecule has 3 nitrogen and oxygen atoms in total. The highest BCUT2D eigenvalue weighted by molar-refractivity contribution is 5.99. The monoisotopic (exact) mass is 312 g/mol. The van der Waals surface area contributed by atoms with Crippen molar-refractivity contribution in [1.82, 2.24) is 9.97 Å². The molecule has 4 aromatic rings. The zero-order valence-electron chi connectivity index (χ0n) is 13.8. The van der Waals surface area contributed by atoms with Crippen molar-refractivity contribution >= 4 is 10.9 Å². The van der Waals surface area contributed by atoms with Gasteiger partial charge >= 0.3 is 0 Å². The van der Waals surface area contributed by atoms with Crippen molar-refractivity contribution in [2.24, 2.45) is 7.05 Å². The first kappa shape index (κ1) is 14.5. The Balaban J connectivity index is 2.06. The summed E-state index contributed by atoms with van der Waals surface area (Å²) in [5.41, 5.74) is 6.87. The SMILES string of the molecule is Cc1ccccc1-c1c2cccc(-c3cccnc3)c2nc[n+]1C. The van der Waals surface area contributed by atoms with Gasteiger partial charge in [-0.1, -0.05) is 36.4 Å². The van der Waals surface area contributed by atoms with Gasteiger partial charge in [-0.25, -0.2) is 4.57 Å². The first-order chi connectivity index (χ1) is 11.8. The van der Waals surface area contributed by atoms with E-state index < -0.39 is 0 Å². The molecule has 2 heterocycles. The highest BCUT2D eigenvalue weighted by Gasteiger charge is 2.19. The molecule has 0 saturated heterocycles. The maximum absolute atomic E-state index is 4.71. The topological polar surface area (TPSA) is 29.7 Å². The molecule has 0 aliphatic rings. The maximum atomic E-state index is 4.71. The fourth-order valence-electron chi connectivity index (χ4n) is 3.19. The molecular formula is C21H18N3+. The molecule has 2 aromatic heterocycles. The molecule has 0 radical (unpaired) electrons. The van der Waals surface area contributed by atoms with Crippen LogP contribution in [0, 0.1) is 6.92 Å². The van der Waals surface area contributed by atoms with Gasteiger partial charge in [0.1, 0.15) is 5.69 Å². The normalized spacial score (nSPS) is 10.9. The van der Waals surface area contributed by atoms with Crippen LogP contribution in [0.15, 0.2) is 73.3 Å². The summed E-state index contributed by atoms with van der Waals surface area (Å²) in [5, 5.41) is 1.15. The lowest BCUT2D eigenvalue weighted by Gasteiger charge is -2.10. The Kier molecular flexibility index (Phi) is 3.54. The Morgan fingerprint density at radius 2 is 1.71 bits per heavy atom. The molecule has 0 spiro atoms. The minimum absolute atomic E-state index is 1.00. The Labute approximate surface area is 141 Å². The van der Waals surface area contributed by atoms with E-state index in [0.29, 0.717) is 0 Å². The molecule has 0 aliphatic carbocycles. The molecule has 0 unspecified atom stereocenters. The van der Waals surface area contributed by atoms with Crippen LogP contribution < -0.4 is 4.57 Å². The molecule has 3 heteroatoms. The minimum Gasteiger partial charge on any atom is -0.264 e. The van der Waals surface area contributed by atoms with Crippen molar-refractivity contribution in [2.45, 2.75) is 6.92 Å². The number of hydrogen-bond acceptors (Lipinski definition) is 2. The molecule has 116 valence electrons. The molecule has 0 aliphatic heterocycles. The number of aromatic nitrogens is 3. The summed E-state index contributed by atoms with van der Waals surface area (Å²) in [6, 6.07) is 18.8. The van der Waals surface area contributed by atoms with Gasteiger partial charge in [0, 0.05) is 29.1 Å². The van der Waals surface area contributed by atoms with Crippen LogP contribution in [-0.2, 0) is 7.05 Å². The molecule has 0 N–H and O–H groups in total. The Morgan fingerprint density at radius 3 is 2.50 bits per heavy atom. The predicted octanol–water partition coefficient (Wildman–Crippen LogP) is 4.10. The van der Waals surface area contributed by atoms with Gasteiger partial charge in [0.25, 0.3) is 6.33 Å². The maximum Gasteiger partial charge on any atom is 0.287 e. The van der Waals surface area contributed by atoms with E-state index >= 15 is 0 Å². The smallest absolute Gasteiger partial charge is 0.264 e. The zero-order valence-corrected chi connectivity index (χ0v) is 13.8. The second-order valence-corrected chi connectivity index (χ2v) is 5.96. The number of fused-ring (bicyclic) bond motifs is 1. The van der Waals surface area contributed by atoms with Crippen LogP contribution in [0.1, 0.15) is 5.56 Å². The highest BCUT2D eigenvalue weighted by Crippen LogP contribution is 2.32. The van der Waals surface area contributed by atoms with Crippen molar-refractivity contribution in [3.05, 3.63) is 78.9 Å². The fraction of sp³-hybridized carbons (Fsp3) is 0.0952. The average Bonchev–Trinajstić information content (AvgIpc) is 2.63. The van der Waals surface area contributed by atoms with Crippen molar-refractivity contribution in [3.8, 4) is 22.4 Å². The van der Waals surface area contributed by atoms with Gasteiger partial charge in [-0.2, -0.15) is 0 Å². The van der Waals surface area contributed by atoms with Gasteiger partial charge in [0.05, 0.1) is 12.4 Å². The van der Waals surface area contributed by atoms with Crippen LogP contribution in [0.4, 0.5) is 0 Å². The van der Waals surface area contributed by atoms with Crippen LogP contribution in [0.25, 0.3) is 33.3 Å². The van der Waals surface area contributed by atoms with Gasteiger partial charge < -0.3 is 0 Å². The lowest BCUT2D eigenvalue weighted by molar-refractivity contribution is -0.662. The van der Waals surface area contributed by atoms with Crippen LogP contribution >= 0.6 is 0 Å². The van der Waals surface area contributed by atoms with Crippen molar-refractivity contribution in [1.29, 1.82) is 0 Å². The Bertz CT molecular complexity index is 1020. The van der Waals surface area contributed by atoms with Gasteiger partial charge in [-0.15, -0.1) is 0 Å². The summed E-state index contributed by atoms with van der Waals surface area (Å²) < 4.78 is 2.09. The molecular weight excluding hydrogens is 294 g/mol. The second kappa shape index (κ2) is 5.85. The van der Waals surface area contributed by atoms with Gasteiger partial charge in [-0.05, 0) is 35.7 Å². The van der Waals surface area contributed by atoms with Crippen molar-refractivity contribution < 1.29 is 4.57 Å². The third-order valence-electron chi connectivity index (χ3n) is 4.38. The predicted molar refractivity (Wildman–Crippen MR) is 96.3 cm³/mol. The third-order valence-corrected chi connectivity index (χ3v) is 4.38. The largest absolute Gasteiger partial charge is 0.287 e. The Morgan fingerprint density at radius 1 is 0.875 bits per heavy atom. The van der Waals surface area contributed by atoms with Crippen LogP contribution in [-0.4, -0.2) is 9.97 Å². The molecule has 0 saturated carbocycles. The van der Waals surface area contributed by atoms with Crippen molar-refractivity contribution in [3.63, 3.8) is 0 Å². The van der Waals surface area contributed by atoms with E-state index in [9.17, 15) is 0 Å². The lowest BCUT2D eigenvalue weighted by atomic mass is 9.98. The first-order valence-corrected chi connectivity index (χ1v) is 7.99. The number of aryl methyl sites for hydroxylation is 2. The summed E-state index contributed by atoms with van der Waals surface area (Å²) in [6.07, 6.45) is 5.57. The van der Waals surface area contributed by atoms with E-state index in [1.165, 1.54) is 16.8 Å². The average molecular weight is 312 g/mol. The third kappa shape index (κ3) is 2.35. The Hall–Kier alpha value is -3.07. The summed E-state index contributed by atoms with van der Waals surface area (Å²) in [5.74, 6) is 0. The standard InChI is InChI=1S/C21H18N3/c1-15-7-3-4-9-17(15)21-19-11-5-10-18(16-8-6-12-22-13-16)20(19)23-14-24(21)2/h3-14H,1-2H3/q+1. The highest BCUT2D eigenvalue weighted by atomic mass is 15.0. The van der Waals surface area contributed by atoms with E-state index in [1.807, 2.05) is 25.6 Å². The van der Waals surface area contributed by atoms with Crippen LogP contribution in [0.2, 0.25) is 0 Å². The fourth-order valence-corrected chi connectivity index (χ4v) is 3.19. The summed E-state index contributed by atoms with van der Waals surface area (Å²) >= 11 is 0. The molecule has 0 amide bonds. The number of benzene rings is 2. The molecule has 0 atom stereocenters. The number of hydrogen-bond donors (Lipinski definition) is 0. The molecule has 4 rings (SSSR count). The van der Waals surface area contributed by atoms with Crippen LogP contribution in [0.3, 0.4) is 0 Å². The van der Waals surface area contributed by atoms with E-state index in [1.54, 1.807) is 6.20 Å².